The molecular weight excluding hydrogens is 262 g/mol. The van der Waals surface area contributed by atoms with Crippen LogP contribution in [0.3, 0.4) is 0 Å². The molecule has 1 saturated heterocycles. The lowest BCUT2D eigenvalue weighted by atomic mass is 10.1. The van der Waals surface area contributed by atoms with E-state index in [1.165, 1.54) is 7.11 Å². The van der Waals surface area contributed by atoms with Crippen molar-refractivity contribution in [2.75, 3.05) is 24.3 Å². The van der Waals surface area contributed by atoms with Gasteiger partial charge < -0.3 is 15.4 Å². The Morgan fingerprint density at radius 3 is 2.30 bits per heavy atom. The summed E-state index contributed by atoms with van der Waals surface area (Å²) in [5.41, 5.74) is 1.16. The van der Waals surface area contributed by atoms with Gasteiger partial charge in [0.25, 0.3) is 0 Å². The summed E-state index contributed by atoms with van der Waals surface area (Å²) in [5, 5.41) is 7.84. The molecule has 7 heteroatoms. The molecule has 1 aromatic rings. The zero-order chi connectivity index (χ0) is 14.5. The maximum absolute atomic E-state index is 11.9. The fraction of sp³-hybridized carbons (Fsp3) is 0.308. The van der Waals surface area contributed by atoms with Gasteiger partial charge in [-0.2, -0.15) is 0 Å². The Morgan fingerprint density at radius 2 is 1.80 bits per heavy atom. The van der Waals surface area contributed by atoms with Gasteiger partial charge in [-0.25, -0.2) is 4.79 Å². The van der Waals surface area contributed by atoms with Crippen LogP contribution in [0.1, 0.15) is 6.42 Å². The van der Waals surface area contributed by atoms with Crippen molar-refractivity contribution in [2.45, 2.75) is 6.42 Å². The van der Waals surface area contributed by atoms with Crippen LogP contribution in [-0.4, -0.2) is 31.6 Å². The molecule has 106 valence electrons. The summed E-state index contributed by atoms with van der Waals surface area (Å²) in [5.74, 6) is -0.643. The number of methoxy groups -OCH3 is 1. The van der Waals surface area contributed by atoms with E-state index in [1.54, 1.807) is 24.3 Å². The van der Waals surface area contributed by atoms with Gasteiger partial charge in [0.1, 0.15) is 0 Å². The fourth-order valence-corrected chi connectivity index (χ4v) is 1.84. The van der Waals surface area contributed by atoms with Gasteiger partial charge in [-0.05, 0) is 24.3 Å². The van der Waals surface area contributed by atoms with E-state index < -0.39 is 6.09 Å². The molecule has 1 unspecified atom stereocenters. The molecule has 1 aromatic carbocycles. The lowest BCUT2D eigenvalue weighted by Gasteiger charge is -2.10. The summed E-state index contributed by atoms with van der Waals surface area (Å²) in [6.07, 6.45) is -0.342. The number of carbonyl (C=O) groups is 3. The molecule has 20 heavy (non-hydrogen) atoms. The summed E-state index contributed by atoms with van der Waals surface area (Å²) < 4.78 is 4.47. The largest absolute Gasteiger partial charge is 0.453 e. The minimum atomic E-state index is -0.558. The highest BCUT2D eigenvalue weighted by Crippen LogP contribution is 2.16. The van der Waals surface area contributed by atoms with Crippen molar-refractivity contribution < 1.29 is 19.1 Å². The van der Waals surface area contributed by atoms with Crippen LogP contribution >= 0.6 is 0 Å². The maximum atomic E-state index is 11.9. The van der Waals surface area contributed by atoms with Crippen LogP contribution in [-0.2, 0) is 14.3 Å². The van der Waals surface area contributed by atoms with Gasteiger partial charge in [-0.1, -0.05) is 0 Å². The number of nitrogens with one attached hydrogen (secondary N) is 3. The second-order valence-corrected chi connectivity index (χ2v) is 4.39. The highest BCUT2D eigenvalue weighted by molar-refractivity contribution is 5.97. The van der Waals surface area contributed by atoms with Gasteiger partial charge in [0.2, 0.25) is 11.8 Å². The molecule has 0 radical (unpaired) electrons. The number of hydrogen-bond acceptors (Lipinski definition) is 4. The fourth-order valence-electron chi connectivity index (χ4n) is 1.84. The number of rotatable bonds is 3. The number of benzene rings is 1. The molecule has 2 rings (SSSR count). The van der Waals surface area contributed by atoms with E-state index in [-0.39, 0.29) is 24.2 Å². The molecule has 1 heterocycles. The summed E-state index contributed by atoms with van der Waals surface area (Å²) in [6, 6.07) is 6.61. The van der Waals surface area contributed by atoms with E-state index in [9.17, 15) is 14.4 Å². The molecule has 1 atom stereocenters. The van der Waals surface area contributed by atoms with Crippen LogP contribution in [0.2, 0.25) is 0 Å². The van der Waals surface area contributed by atoms with E-state index >= 15 is 0 Å². The van der Waals surface area contributed by atoms with Gasteiger partial charge in [-0.15, -0.1) is 0 Å². The molecule has 1 aliphatic rings. The van der Waals surface area contributed by atoms with Crippen LogP contribution in [0.25, 0.3) is 0 Å². The molecule has 0 bridgehead atoms. The summed E-state index contributed by atoms with van der Waals surface area (Å²) in [6.45, 7) is 0.368. The van der Waals surface area contributed by atoms with Gasteiger partial charge in [0, 0.05) is 24.3 Å². The first kappa shape index (κ1) is 13.9. The number of hydrogen-bond donors (Lipinski definition) is 3. The van der Waals surface area contributed by atoms with Crippen LogP contribution in [0.4, 0.5) is 16.2 Å². The molecule has 0 saturated carbocycles. The lowest BCUT2D eigenvalue weighted by Crippen LogP contribution is -2.24. The van der Waals surface area contributed by atoms with E-state index in [2.05, 4.69) is 20.7 Å². The smallest absolute Gasteiger partial charge is 0.411 e. The van der Waals surface area contributed by atoms with Crippen molar-refractivity contribution in [1.29, 1.82) is 0 Å². The van der Waals surface area contributed by atoms with Gasteiger partial charge in [0.05, 0.1) is 13.0 Å². The number of amides is 3. The number of ether oxygens (including phenoxy) is 1. The SMILES string of the molecule is COC(=O)Nc1ccc(NC(=O)C2CNC(=O)C2)cc1. The molecule has 0 spiro atoms. The number of anilines is 2. The Hall–Kier alpha value is -2.57. The first-order valence-electron chi connectivity index (χ1n) is 6.11. The Kier molecular flexibility index (Phi) is 4.19. The third-order valence-electron chi connectivity index (χ3n) is 2.93. The van der Waals surface area contributed by atoms with E-state index in [0.717, 1.165) is 0 Å². The Labute approximate surface area is 115 Å². The average Bonchev–Trinajstić information content (AvgIpc) is 2.87. The van der Waals surface area contributed by atoms with Crippen LogP contribution in [0.15, 0.2) is 24.3 Å². The van der Waals surface area contributed by atoms with Crippen LogP contribution in [0.5, 0.6) is 0 Å². The Bertz CT molecular complexity index is 527. The standard InChI is InChI=1S/C13H15N3O4/c1-20-13(19)16-10-4-2-9(3-5-10)15-12(18)8-6-11(17)14-7-8/h2-5,8H,6-7H2,1H3,(H,14,17)(H,15,18)(H,16,19). The normalized spacial score (nSPS) is 17.2. The predicted octanol–water partition coefficient (Wildman–Crippen LogP) is 0.939. The second-order valence-electron chi connectivity index (χ2n) is 4.39. The summed E-state index contributed by atoms with van der Waals surface area (Å²) >= 11 is 0. The number of carbonyl (C=O) groups excluding carboxylic acids is 3. The third kappa shape index (κ3) is 3.47. The topological polar surface area (TPSA) is 96.5 Å². The quantitative estimate of drug-likeness (QED) is 0.766. The van der Waals surface area contributed by atoms with Crippen molar-refractivity contribution in [1.82, 2.24) is 5.32 Å². The second kappa shape index (κ2) is 6.05. The monoisotopic (exact) mass is 277 g/mol. The van der Waals surface area contributed by atoms with Crippen molar-refractivity contribution >= 4 is 29.3 Å². The van der Waals surface area contributed by atoms with Crippen LogP contribution in [0, 0.1) is 5.92 Å². The molecule has 0 aliphatic carbocycles. The van der Waals surface area contributed by atoms with Crippen molar-refractivity contribution in [2.24, 2.45) is 5.92 Å². The van der Waals surface area contributed by atoms with Crippen LogP contribution < -0.4 is 16.0 Å². The third-order valence-corrected chi connectivity index (χ3v) is 2.93. The predicted molar refractivity (Wildman–Crippen MR) is 72.2 cm³/mol. The lowest BCUT2D eigenvalue weighted by molar-refractivity contribution is -0.123. The summed E-state index contributed by atoms with van der Waals surface area (Å²) in [7, 11) is 1.28. The molecule has 1 aliphatic heterocycles. The average molecular weight is 277 g/mol. The minimum absolute atomic E-state index is 0.109. The highest BCUT2D eigenvalue weighted by Gasteiger charge is 2.27. The molecule has 7 nitrogen and oxygen atoms in total. The van der Waals surface area contributed by atoms with Gasteiger partial charge >= 0.3 is 6.09 Å². The zero-order valence-corrected chi connectivity index (χ0v) is 10.9. The zero-order valence-electron chi connectivity index (χ0n) is 10.9. The van der Waals surface area contributed by atoms with E-state index in [4.69, 9.17) is 0 Å². The van der Waals surface area contributed by atoms with E-state index in [1.807, 2.05) is 0 Å². The minimum Gasteiger partial charge on any atom is -0.453 e. The molecule has 0 aromatic heterocycles. The van der Waals surface area contributed by atoms with Gasteiger partial charge in [0.15, 0.2) is 0 Å². The summed E-state index contributed by atoms with van der Waals surface area (Å²) in [4.78, 5) is 33.9. The maximum Gasteiger partial charge on any atom is 0.411 e. The van der Waals surface area contributed by atoms with Gasteiger partial charge in [-0.3, -0.25) is 14.9 Å². The van der Waals surface area contributed by atoms with E-state index in [0.29, 0.717) is 17.9 Å². The van der Waals surface area contributed by atoms with Crippen molar-refractivity contribution in [3.05, 3.63) is 24.3 Å². The van der Waals surface area contributed by atoms with Crippen molar-refractivity contribution in [3.8, 4) is 0 Å². The first-order valence-corrected chi connectivity index (χ1v) is 6.11. The molecule has 3 amide bonds. The highest BCUT2D eigenvalue weighted by atomic mass is 16.5. The molecule has 1 fully saturated rings. The Balaban J connectivity index is 1.91. The molecular formula is C13H15N3O4. The Morgan fingerprint density at radius 1 is 1.20 bits per heavy atom. The molecule has 3 N–H and O–H groups in total. The van der Waals surface area contributed by atoms with Crippen molar-refractivity contribution in [3.63, 3.8) is 0 Å². The first-order chi connectivity index (χ1) is 9.58.